The number of rotatable bonds is 7. The van der Waals surface area contributed by atoms with Gasteiger partial charge >= 0.3 is 0 Å². The van der Waals surface area contributed by atoms with Crippen LogP contribution in [-0.2, 0) is 6.54 Å². The molecule has 1 aliphatic rings. The SMILES string of the molecule is CC(C)CCN(c1ncccc1CNC(C)(C)C)C1CC1. The largest absolute Gasteiger partial charge is 0.353 e. The monoisotopic (exact) mass is 289 g/mol. The fourth-order valence-corrected chi connectivity index (χ4v) is 2.43. The number of nitrogens with one attached hydrogen (secondary N) is 1. The minimum Gasteiger partial charge on any atom is -0.353 e. The summed E-state index contributed by atoms with van der Waals surface area (Å²) in [4.78, 5) is 7.25. The highest BCUT2D eigenvalue weighted by atomic mass is 15.2. The van der Waals surface area contributed by atoms with Crippen LogP contribution in [0.3, 0.4) is 0 Å². The summed E-state index contributed by atoms with van der Waals surface area (Å²) in [7, 11) is 0. The zero-order chi connectivity index (χ0) is 15.5. The third kappa shape index (κ3) is 5.31. The van der Waals surface area contributed by atoms with Gasteiger partial charge in [0.05, 0.1) is 0 Å². The number of nitrogens with zero attached hydrogens (tertiary/aromatic N) is 2. The van der Waals surface area contributed by atoms with Crippen LogP contribution in [0.2, 0.25) is 0 Å². The maximum absolute atomic E-state index is 4.70. The van der Waals surface area contributed by atoms with Crippen LogP contribution in [0.25, 0.3) is 0 Å². The summed E-state index contributed by atoms with van der Waals surface area (Å²) in [6.07, 6.45) is 5.81. The van der Waals surface area contributed by atoms with Crippen molar-refractivity contribution in [3.63, 3.8) is 0 Å². The Labute approximate surface area is 130 Å². The molecule has 0 bridgehead atoms. The van der Waals surface area contributed by atoms with Crippen LogP contribution in [0.15, 0.2) is 18.3 Å². The first-order chi connectivity index (χ1) is 9.87. The van der Waals surface area contributed by atoms with Crippen LogP contribution in [0, 0.1) is 5.92 Å². The first-order valence-electron chi connectivity index (χ1n) is 8.32. The van der Waals surface area contributed by atoms with E-state index in [0.29, 0.717) is 6.04 Å². The molecule has 2 rings (SSSR count). The van der Waals surface area contributed by atoms with Crippen molar-refractivity contribution in [3.8, 4) is 0 Å². The minimum atomic E-state index is 0.134. The molecule has 3 heteroatoms. The van der Waals surface area contributed by atoms with Crippen LogP contribution < -0.4 is 10.2 Å². The molecule has 1 saturated carbocycles. The highest BCUT2D eigenvalue weighted by molar-refractivity contribution is 5.49. The minimum absolute atomic E-state index is 0.134. The van der Waals surface area contributed by atoms with E-state index in [4.69, 9.17) is 4.98 Å². The molecule has 1 aliphatic carbocycles. The van der Waals surface area contributed by atoms with E-state index >= 15 is 0 Å². The smallest absolute Gasteiger partial charge is 0.133 e. The van der Waals surface area contributed by atoms with Crippen LogP contribution >= 0.6 is 0 Å². The lowest BCUT2D eigenvalue weighted by Gasteiger charge is -2.28. The third-order valence-corrected chi connectivity index (χ3v) is 3.88. The van der Waals surface area contributed by atoms with Crippen LogP contribution in [0.5, 0.6) is 0 Å². The molecule has 1 heterocycles. The van der Waals surface area contributed by atoms with Crippen molar-refractivity contribution < 1.29 is 0 Å². The van der Waals surface area contributed by atoms with Crippen LogP contribution in [0.4, 0.5) is 5.82 Å². The summed E-state index contributed by atoms with van der Waals surface area (Å²) in [5.41, 5.74) is 1.46. The Hall–Kier alpha value is -1.09. The lowest BCUT2D eigenvalue weighted by molar-refractivity contribution is 0.423. The predicted molar refractivity (Wildman–Crippen MR) is 90.7 cm³/mol. The Kier molecular flexibility index (Phi) is 5.26. The van der Waals surface area contributed by atoms with E-state index in [-0.39, 0.29) is 5.54 Å². The standard InChI is InChI=1S/C18H31N3/c1-14(2)10-12-21(16-8-9-16)17-15(7-6-11-19-17)13-20-18(3,4)5/h6-7,11,14,16,20H,8-10,12-13H2,1-5H3. The summed E-state index contributed by atoms with van der Waals surface area (Å²) in [5, 5.41) is 3.59. The maximum Gasteiger partial charge on any atom is 0.133 e. The molecular weight excluding hydrogens is 258 g/mol. The zero-order valence-electron chi connectivity index (χ0n) is 14.3. The third-order valence-electron chi connectivity index (χ3n) is 3.88. The van der Waals surface area contributed by atoms with Crippen molar-refractivity contribution in [1.29, 1.82) is 0 Å². The molecule has 0 amide bonds. The molecule has 1 aromatic heterocycles. The second kappa shape index (κ2) is 6.78. The summed E-state index contributed by atoms with van der Waals surface area (Å²) in [6.45, 7) is 13.2. The van der Waals surface area contributed by atoms with Crippen LogP contribution in [0.1, 0.15) is 59.4 Å². The topological polar surface area (TPSA) is 28.2 Å². The van der Waals surface area contributed by atoms with Crippen molar-refractivity contribution in [2.24, 2.45) is 5.92 Å². The highest BCUT2D eigenvalue weighted by Gasteiger charge is 2.31. The van der Waals surface area contributed by atoms with Gasteiger partial charge in [0.25, 0.3) is 0 Å². The molecule has 1 aromatic rings. The van der Waals surface area contributed by atoms with Gasteiger partial charge in [-0.25, -0.2) is 4.98 Å². The van der Waals surface area contributed by atoms with Gasteiger partial charge in [-0.3, -0.25) is 0 Å². The Balaban J connectivity index is 2.12. The molecule has 118 valence electrons. The number of hydrogen-bond donors (Lipinski definition) is 1. The Morgan fingerprint density at radius 1 is 1.33 bits per heavy atom. The molecule has 0 aromatic carbocycles. The van der Waals surface area contributed by atoms with Crippen molar-refractivity contribution in [1.82, 2.24) is 10.3 Å². The van der Waals surface area contributed by atoms with Crippen molar-refractivity contribution in [3.05, 3.63) is 23.9 Å². The van der Waals surface area contributed by atoms with Gasteiger partial charge in [0.15, 0.2) is 0 Å². The molecule has 21 heavy (non-hydrogen) atoms. The predicted octanol–water partition coefficient (Wildman–Crippen LogP) is 3.98. The van der Waals surface area contributed by atoms with E-state index in [1.54, 1.807) is 0 Å². The molecule has 0 atom stereocenters. The molecule has 0 aliphatic heterocycles. The van der Waals surface area contributed by atoms with Crippen LogP contribution in [-0.4, -0.2) is 23.1 Å². The molecule has 0 radical (unpaired) electrons. The van der Waals surface area contributed by atoms with E-state index in [1.165, 1.54) is 30.6 Å². The Morgan fingerprint density at radius 2 is 2.05 bits per heavy atom. The van der Waals surface area contributed by atoms with Gasteiger partial charge in [-0.05, 0) is 52.0 Å². The van der Waals surface area contributed by atoms with Gasteiger partial charge in [0, 0.05) is 36.4 Å². The van der Waals surface area contributed by atoms with Gasteiger partial charge in [-0.15, -0.1) is 0 Å². The first-order valence-corrected chi connectivity index (χ1v) is 8.32. The molecule has 0 saturated heterocycles. The molecule has 0 spiro atoms. The first kappa shape index (κ1) is 16.3. The average Bonchev–Trinajstić information content (AvgIpc) is 3.21. The molecular formula is C18H31N3. The molecule has 1 N–H and O–H groups in total. The fourth-order valence-electron chi connectivity index (χ4n) is 2.43. The van der Waals surface area contributed by atoms with E-state index in [2.05, 4.69) is 57.0 Å². The Morgan fingerprint density at radius 3 is 2.62 bits per heavy atom. The lowest BCUT2D eigenvalue weighted by atomic mass is 10.1. The van der Waals surface area contributed by atoms with E-state index in [9.17, 15) is 0 Å². The van der Waals surface area contributed by atoms with Gasteiger partial charge in [0.1, 0.15) is 5.82 Å². The normalized spacial score (nSPS) is 15.5. The quantitative estimate of drug-likeness (QED) is 0.823. The van der Waals surface area contributed by atoms with Gasteiger partial charge < -0.3 is 10.2 Å². The molecule has 1 fully saturated rings. The summed E-state index contributed by atoms with van der Waals surface area (Å²) >= 11 is 0. The fraction of sp³-hybridized carbons (Fsp3) is 0.722. The molecule has 0 unspecified atom stereocenters. The highest BCUT2D eigenvalue weighted by Crippen LogP contribution is 2.33. The summed E-state index contributed by atoms with van der Waals surface area (Å²) in [5.74, 6) is 1.93. The van der Waals surface area contributed by atoms with E-state index in [1.807, 2.05) is 6.20 Å². The molecule has 3 nitrogen and oxygen atoms in total. The van der Waals surface area contributed by atoms with Gasteiger partial charge in [-0.2, -0.15) is 0 Å². The number of aromatic nitrogens is 1. The zero-order valence-corrected chi connectivity index (χ0v) is 14.3. The maximum atomic E-state index is 4.70. The average molecular weight is 289 g/mol. The number of pyridine rings is 1. The second-order valence-corrected chi connectivity index (χ2v) is 7.70. The Bertz CT molecular complexity index is 444. The van der Waals surface area contributed by atoms with Crippen molar-refractivity contribution in [2.45, 2.75) is 72.0 Å². The van der Waals surface area contributed by atoms with E-state index in [0.717, 1.165) is 19.0 Å². The van der Waals surface area contributed by atoms with Gasteiger partial charge in [-0.1, -0.05) is 19.9 Å². The number of hydrogen-bond acceptors (Lipinski definition) is 3. The number of anilines is 1. The van der Waals surface area contributed by atoms with Crippen molar-refractivity contribution in [2.75, 3.05) is 11.4 Å². The van der Waals surface area contributed by atoms with Gasteiger partial charge in [0.2, 0.25) is 0 Å². The van der Waals surface area contributed by atoms with E-state index < -0.39 is 0 Å². The summed E-state index contributed by atoms with van der Waals surface area (Å²) in [6, 6.07) is 4.98. The second-order valence-electron chi connectivity index (χ2n) is 7.70. The van der Waals surface area contributed by atoms with Crippen molar-refractivity contribution >= 4 is 5.82 Å². The summed E-state index contributed by atoms with van der Waals surface area (Å²) < 4.78 is 0. The lowest BCUT2D eigenvalue weighted by Crippen LogP contribution is -2.36.